The van der Waals surface area contributed by atoms with Crippen LogP contribution in [0.4, 0.5) is 0 Å². The Morgan fingerprint density at radius 3 is 1.00 bits per heavy atom. The van der Waals surface area contributed by atoms with Gasteiger partial charge < -0.3 is 42.7 Å². The van der Waals surface area contributed by atoms with Crippen LogP contribution in [0.5, 0.6) is 0 Å². The molecule has 9 heteroatoms. The van der Waals surface area contributed by atoms with Gasteiger partial charge >= 0.3 is 0 Å². The molecule has 0 N–H and O–H groups in total. The Morgan fingerprint density at radius 1 is 0.462 bits per heavy atom. The molecule has 26 heavy (non-hydrogen) atoms. The zero-order chi connectivity index (χ0) is 19.0. The third kappa shape index (κ3) is 23.4. The fraction of sp³-hybridized carbons (Fsp3) is 0.941. The van der Waals surface area contributed by atoms with E-state index in [1.807, 2.05) is 0 Å². The number of aldehydes is 1. The quantitative estimate of drug-likeness (QED) is 0.178. The predicted octanol–water partition coefficient (Wildman–Crippen LogP) is -0.0521. The number of hydrogen-bond donors (Lipinski definition) is 0. The van der Waals surface area contributed by atoms with Gasteiger partial charge in [-0.05, 0) is 0 Å². The molecular formula is C17H34O9. The molecular weight excluding hydrogens is 348 g/mol. The van der Waals surface area contributed by atoms with Crippen molar-refractivity contribution < 1.29 is 42.7 Å². The van der Waals surface area contributed by atoms with Crippen molar-refractivity contribution in [3.05, 3.63) is 0 Å². The van der Waals surface area contributed by atoms with Crippen molar-refractivity contribution in [3.63, 3.8) is 0 Å². The molecule has 0 radical (unpaired) electrons. The highest BCUT2D eigenvalue weighted by Crippen LogP contribution is 1.85. The van der Waals surface area contributed by atoms with Gasteiger partial charge in [0.05, 0.1) is 92.5 Å². The number of methoxy groups -OCH3 is 1. The smallest absolute Gasteiger partial charge is 0.145 e. The zero-order valence-electron chi connectivity index (χ0n) is 15.9. The van der Waals surface area contributed by atoms with Crippen molar-refractivity contribution in [2.75, 3.05) is 106 Å². The third-order valence-corrected chi connectivity index (χ3v) is 2.85. The van der Waals surface area contributed by atoms with E-state index >= 15 is 0 Å². The van der Waals surface area contributed by atoms with Gasteiger partial charge in [-0.3, -0.25) is 0 Å². The van der Waals surface area contributed by atoms with Crippen LogP contribution in [-0.4, -0.2) is 112 Å². The highest BCUT2D eigenvalue weighted by atomic mass is 16.6. The second-order valence-electron chi connectivity index (χ2n) is 4.91. The molecule has 0 amide bonds. The van der Waals surface area contributed by atoms with Crippen molar-refractivity contribution in [1.29, 1.82) is 0 Å². The summed E-state index contributed by atoms with van der Waals surface area (Å²) in [6, 6.07) is 0. The van der Waals surface area contributed by atoms with Crippen LogP contribution >= 0.6 is 0 Å². The van der Waals surface area contributed by atoms with Crippen LogP contribution in [0.2, 0.25) is 0 Å². The van der Waals surface area contributed by atoms with E-state index in [4.69, 9.17) is 37.9 Å². The Kier molecular flexibility index (Phi) is 23.7. The van der Waals surface area contributed by atoms with E-state index in [1.54, 1.807) is 7.11 Å². The van der Waals surface area contributed by atoms with E-state index in [0.29, 0.717) is 98.8 Å². The summed E-state index contributed by atoms with van der Waals surface area (Å²) < 4.78 is 41.7. The van der Waals surface area contributed by atoms with Gasteiger partial charge in [0, 0.05) is 7.11 Å². The molecule has 0 aliphatic heterocycles. The molecule has 0 heterocycles. The van der Waals surface area contributed by atoms with Gasteiger partial charge in [-0.25, -0.2) is 0 Å². The van der Waals surface area contributed by atoms with Crippen molar-refractivity contribution in [1.82, 2.24) is 0 Å². The summed E-state index contributed by atoms with van der Waals surface area (Å²) in [7, 11) is 1.64. The molecule has 0 aliphatic carbocycles. The maximum atomic E-state index is 10.00. The molecule has 0 aromatic rings. The van der Waals surface area contributed by atoms with Crippen LogP contribution in [0.25, 0.3) is 0 Å². The summed E-state index contributed by atoms with van der Waals surface area (Å²) in [4.78, 5) is 10.00. The fourth-order valence-corrected chi connectivity index (χ4v) is 1.59. The molecule has 0 atom stereocenters. The van der Waals surface area contributed by atoms with Gasteiger partial charge in [0.15, 0.2) is 0 Å². The highest BCUT2D eigenvalue weighted by Gasteiger charge is 1.94. The molecule has 0 saturated carbocycles. The normalized spacial score (nSPS) is 11.1. The van der Waals surface area contributed by atoms with E-state index in [9.17, 15) is 4.79 Å². The molecule has 9 nitrogen and oxygen atoms in total. The Balaban J connectivity index is 2.96. The molecule has 0 aromatic carbocycles. The first-order valence-corrected chi connectivity index (χ1v) is 8.88. The lowest BCUT2D eigenvalue weighted by molar-refractivity contribution is -0.112. The maximum Gasteiger partial charge on any atom is 0.145 e. The zero-order valence-corrected chi connectivity index (χ0v) is 15.9. The second-order valence-corrected chi connectivity index (χ2v) is 4.91. The lowest BCUT2D eigenvalue weighted by atomic mass is 10.6. The number of carbonyl (C=O) groups is 1. The first kappa shape index (κ1) is 25.4. The minimum atomic E-state index is 0.109. The van der Waals surface area contributed by atoms with E-state index in [2.05, 4.69) is 0 Å². The van der Waals surface area contributed by atoms with Gasteiger partial charge in [0.25, 0.3) is 0 Å². The Morgan fingerprint density at radius 2 is 0.731 bits per heavy atom. The lowest BCUT2D eigenvalue weighted by Crippen LogP contribution is -2.14. The molecule has 156 valence electrons. The monoisotopic (exact) mass is 382 g/mol. The Labute approximate surface area is 156 Å². The number of ether oxygens (including phenoxy) is 8. The van der Waals surface area contributed by atoms with Gasteiger partial charge in [-0.2, -0.15) is 0 Å². The number of carbonyl (C=O) groups excluding carboxylic acids is 1. The number of hydrogen-bond acceptors (Lipinski definition) is 9. The van der Waals surface area contributed by atoms with Gasteiger partial charge in [0.2, 0.25) is 0 Å². The standard InChI is InChI=1S/C17H34O9/c1-19-4-5-21-8-9-23-12-13-25-16-17-26-15-14-24-11-10-22-7-6-20-3-2-18/h2H,3-17H2,1H3. The largest absolute Gasteiger partial charge is 0.382 e. The van der Waals surface area contributed by atoms with Gasteiger partial charge in [-0.15, -0.1) is 0 Å². The van der Waals surface area contributed by atoms with Crippen LogP contribution < -0.4 is 0 Å². The minimum absolute atomic E-state index is 0.109. The summed E-state index contributed by atoms with van der Waals surface area (Å²) in [5.41, 5.74) is 0. The van der Waals surface area contributed by atoms with Crippen molar-refractivity contribution >= 4 is 6.29 Å². The third-order valence-electron chi connectivity index (χ3n) is 2.85. The predicted molar refractivity (Wildman–Crippen MR) is 93.7 cm³/mol. The summed E-state index contributed by atoms with van der Waals surface area (Å²) in [6.45, 7) is 7.41. The maximum absolute atomic E-state index is 10.00. The van der Waals surface area contributed by atoms with Crippen LogP contribution in [-0.2, 0) is 42.7 Å². The van der Waals surface area contributed by atoms with Crippen LogP contribution in [0.1, 0.15) is 0 Å². The summed E-state index contributed by atoms with van der Waals surface area (Å²) in [5.74, 6) is 0. The molecule has 0 aromatic heterocycles. The summed E-state index contributed by atoms with van der Waals surface area (Å²) in [6.07, 6.45) is 0.713. The molecule has 0 rings (SSSR count). The van der Waals surface area contributed by atoms with E-state index in [0.717, 1.165) is 0 Å². The Bertz CT molecular complexity index is 267. The van der Waals surface area contributed by atoms with Crippen LogP contribution in [0.3, 0.4) is 0 Å². The van der Waals surface area contributed by atoms with E-state index in [1.165, 1.54) is 0 Å². The highest BCUT2D eigenvalue weighted by molar-refractivity contribution is 5.50. The molecule has 0 saturated heterocycles. The summed E-state index contributed by atoms with van der Waals surface area (Å²) >= 11 is 0. The first-order chi connectivity index (χ1) is 12.9. The summed E-state index contributed by atoms with van der Waals surface area (Å²) in [5, 5.41) is 0. The van der Waals surface area contributed by atoms with E-state index < -0.39 is 0 Å². The van der Waals surface area contributed by atoms with Crippen LogP contribution in [0, 0.1) is 0 Å². The lowest BCUT2D eigenvalue weighted by Gasteiger charge is -2.08. The fourth-order valence-electron chi connectivity index (χ4n) is 1.59. The molecule has 0 spiro atoms. The molecule has 0 aliphatic rings. The van der Waals surface area contributed by atoms with Crippen molar-refractivity contribution in [2.24, 2.45) is 0 Å². The van der Waals surface area contributed by atoms with Crippen molar-refractivity contribution in [3.8, 4) is 0 Å². The first-order valence-electron chi connectivity index (χ1n) is 8.88. The molecule has 0 bridgehead atoms. The number of rotatable bonds is 23. The minimum Gasteiger partial charge on any atom is -0.382 e. The van der Waals surface area contributed by atoms with E-state index in [-0.39, 0.29) is 6.61 Å². The molecule has 0 fully saturated rings. The van der Waals surface area contributed by atoms with Gasteiger partial charge in [0.1, 0.15) is 12.9 Å². The Hall–Kier alpha value is -0.650. The van der Waals surface area contributed by atoms with Crippen LogP contribution in [0.15, 0.2) is 0 Å². The van der Waals surface area contributed by atoms with Crippen molar-refractivity contribution in [2.45, 2.75) is 0 Å². The average Bonchev–Trinajstić information content (AvgIpc) is 2.66. The average molecular weight is 382 g/mol. The topological polar surface area (TPSA) is 90.9 Å². The van der Waals surface area contributed by atoms with Gasteiger partial charge in [-0.1, -0.05) is 0 Å². The second kappa shape index (κ2) is 24.4. The SMILES string of the molecule is COCCOCCOCCOCCOCCOCCOCCOCC=O. The molecule has 0 unspecified atom stereocenters.